The van der Waals surface area contributed by atoms with Gasteiger partial charge >= 0.3 is 5.97 Å². The first-order valence-electron chi connectivity index (χ1n) is 6.10. The number of carbonyl (C=O) groups is 2. The van der Waals surface area contributed by atoms with Crippen LogP contribution in [0.1, 0.15) is 24.8 Å². The van der Waals surface area contributed by atoms with E-state index in [1.165, 1.54) is 7.11 Å². The molecule has 18 heavy (non-hydrogen) atoms. The van der Waals surface area contributed by atoms with Crippen LogP contribution < -0.4 is 4.90 Å². The van der Waals surface area contributed by atoms with Crippen LogP contribution in [-0.4, -0.2) is 25.0 Å². The molecule has 4 heteroatoms. The van der Waals surface area contributed by atoms with Crippen molar-refractivity contribution in [1.29, 1.82) is 0 Å². The number of benzene rings is 1. The van der Waals surface area contributed by atoms with Crippen LogP contribution in [0.4, 0.5) is 5.69 Å². The first kappa shape index (κ1) is 12.6. The molecule has 0 spiro atoms. The molecular weight excluding hydrogens is 230 g/mol. The number of esters is 1. The molecule has 1 heterocycles. The van der Waals surface area contributed by atoms with Crippen molar-refractivity contribution in [3.8, 4) is 0 Å². The molecule has 1 aromatic carbocycles. The molecule has 0 aliphatic carbocycles. The molecule has 1 aliphatic heterocycles. The lowest BCUT2D eigenvalue weighted by Crippen LogP contribution is -2.48. The van der Waals surface area contributed by atoms with E-state index in [1.807, 2.05) is 31.2 Å². The average Bonchev–Trinajstić information content (AvgIpc) is 2.39. The minimum absolute atomic E-state index is 0.0134. The summed E-state index contributed by atoms with van der Waals surface area (Å²) in [6.45, 7) is 1.99. The number of hydrogen-bond donors (Lipinski definition) is 0. The Hall–Kier alpha value is -1.84. The van der Waals surface area contributed by atoms with Gasteiger partial charge in [-0.3, -0.25) is 9.69 Å². The molecule has 1 unspecified atom stereocenters. The molecule has 96 valence electrons. The van der Waals surface area contributed by atoms with Gasteiger partial charge in [0.15, 0.2) is 0 Å². The molecule has 0 bridgehead atoms. The minimum Gasteiger partial charge on any atom is -0.467 e. The van der Waals surface area contributed by atoms with Gasteiger partial charge in [0.25, 0.3) is 0 Å². The number of piperidine rings is 1. The summed E-state index contributed by atoms with van der Waals surface area (Å²) in [7, 11) is 1.36. The SMILES string of the molecule is COC(=O)C1CCCC(=O)N1c1ccc(C)cc1. The van der Waals surface area contributed by atoms with E-state index in [2.05, 4.69) is 0 Å². The summed E-state index contributed by atoms with van der Waals surface area (Å²) in [5.41, 5.74) is 1.89. The van der Waals surface area contributed by atoms with Gasteiger partial charge in [-0.15, -0.1) is 0 Å². The Morgan fingerprint density at radius 3 is 2.61 bits per heavy atom. The van der Waals surface area contributed by atoms with Crippen molar-refractivity contribution in [3.63, 3.8) is 0 Å². The molecular formula is C14H17NO3. The van der Waals surface area contributed by atoms with Crippen molar-refractivity contribution >= 4 is 17.6 Å². The van der Waals surface area contributed by atoms with E-state index in [-0.39, 0.29) is 11.9 Å². The second-order valence-electron chi connectivity index (χ2n) is 4.53. The van der Waals surface area contributed by atoms with E-state index in [0.717, 1.165) is 17.7 Å². The standard InChI is InChI=1S/C14H17NO3/c1-10-6-8-11(9-7-10)15-12(14(17)18-2)4-3-5-13(15)16/h6-9,12H,3-5H2,1-2H3. The summed E-state index contributed by atoms with van der Waals surface area (Å²) in [6.07, 6.45) is 1.88. The van der Waals surface area contributed by atoms with Crippen LogP contribution in [0.5, 0.6) is 0 Å². The topological polar surface area (TPSA) is 46.6 Å². The molecule has 2 rings (SSSR count). The van der Waals surface area contributed by atoms with Gasteiger partial charge in [0.2, 0.25) is 5.91 Å². The number of methoxy groups -OCH3 is 1. The fraction of sp³-hybridized carbons (Fsp3) is 0.429. The lowest BCUT2D eigenvalue weighted by molar-refractivity contribution is -0.144. The highest BCUT2D eigenvalue weighted by atomic mass is 16.5. The fourth-order valence-electron chi connectivity index (χ4n) is 2.26. The zero-order valence-electron chi connectivity index (χ0n) is 10.7. The maximum atomic E-state index is 12.0. The maximum Gasteiger partial charge on any atom is 0.328 e. The summed E-state index contributed by atoms with van der Waals surface area (Å²) in [5.74, 6) is -0.357. The lowest BCUT2D eigenvalue weighted by Gasteiger charge is -2.33. The highest BCUT2D eigenvalue weighted by molar-refractivity contribution is 6.00. The van der Waals surface area contributed by atoms with Crippen LogP contribution in [0.2, 0.25) is 0 Å². The normalized spacial score (nSPS) is 19.8. The molecule has 0 aromatic heterocycles. The number of ether oxygens (including phenoxy) is 1. The van der Waals surface area contributed by atoms with Crippen LogP contribution in [0.3, 0.4) is 0 Å². The molecule has 1 fully saturated rings. The lowest BCUT2D eigenvalue weighted by atomic mass is 10.0. The smallest absolute Gasteiger partial charge is 0.328 e. The predicted molar refractivity (Wildman–Crippen MR) is 68.3 cm³/mol. The summed E-state index contributed by atoms with van der Waals surface area (Å²) in [5, 5.41) is 0. The molecule has 1 saturated heterocycles. The van der Waals surface area contributed by atoms with E-state index >= 15 is 0 Å². The first-order chi connectivity index (χ1) is 8.63. The van der Waals surface area contributed by atoms with Crippen molar-refractivity contribution in [3.05, 3.63) is 29.8 Å². The second-order valence-corrected chi connectivity index (χ2v) is 4.53. The summed E-state index contributed by atoms with van der Waals surface area (Å²) >= 11 is 0. The van der Waals surface area contributed by atoms with Crippen molar-refractivity contribution in [1.82, 2.24) is 0 Å². The summed E-state index contributed by atoms with van der Waals surface area (Å²) < 4.78 is 4.78. The van der Waals surface area contributed by atoms with Crippen molar-refractivity contribution in [2.45, 2.75) is 32.2 Å². The Bertz CT molecular complexity index is 453. The summed E-state index contributed by atoms with van der Waals surface area (Å²) in [6, 6.07) is 7.12. The van der Waals surface area contributed by atoms with Crippen LogP contribution in [0.25, 0.3) is 0 Å². The highest BCUT2D eigenvalue weighted by Gasteiger charge is 2.34. The highest BCUT2D eigenvalue weighted by Crippen LogP contribution is 2.26. The third kappa shape index (κ3) is 2.37. The molecule has 1 aromatic rings. The molecule has 4 nitrogen and oxygen atoms in total. The van der Waals surface area contributed by atoms with Crippen LogP contribution in [0.15, 0.2) is 24.3 Å². The van der Waals surface area contributed by atoms with Gasteiger partial charge in [-0.2, -0.15) is 0 Å². The molecule has 1 amide bonds. The third-order valence-electron chi connectivity index (χ3n) is 3.23. The Kier molecular flexibility index (Phi) is 3.65. The molecule has 0 radical (unpaired) electrons. The Labute approximate surface area is 107 Å². The van der Waals surface area contributed by atoms with Gasteiger partial charge in [-0.1, -0.05) is 17.7 Å². The molecule has 1 aliphatic rings. The van der Waals surface area contributed by atoms with Crippen LogP contribution in [0, 0.1) is 6.92 Å². The second kappa shape index (κ2) is 5.21. The number of hydrogen-bond acceptors (Lipinski definition) is 3. The first-order valence-corrected chi connectivity index (χ1v) is 6.10. The Morgan fingerprint density at radius 1 is 1.33 bits per heavy atom. The molecule has 1 atom stereocenters. The van der Waals surface area contributed by atoms with Crippen molar-refractivity contribution in [2.24, 2.45) is 0 Å². The van der Waals surface area contributed by atoms with Crippen LogP contribution in [-0.2, 0) is 14.3 Å². The van der Waals surface area contributed by atoms with Gasteiger partial charge < -0.3 is 4.74 Å². The number of aryl methyl sites for hydroxylation is 1. The molecule has 0 N–H and O–H groups in total. The number of rotatable bonds is 2. The van der Waals surface area contributed by atoms with E-state index in [4.69, 9.17) is 4.74 Å². The Balaban J connectivity index is 2.32. The summed E-state index contributed by atoms with van der Waals surface area (Å²) in [4.78, 5) is 25.3. The van der Waals surface area contributed by atoms with Gasteiger partial charge in [0.1, 0.15) is 6.04 Å². The zero-order chi connectivity index (χ0) is 13.1. The van der Waals surface area contributed by atoms with E-state index in [9.17, 15) is 9.59 Å². The van der Waals surface area contributed by atoms with Gasteiger partial charge in [-0.25, -0.2) is 4.79 Å². The predicted octanol–water partition coefficient (Wildman–Crippen LogP) is 2.05. The van der Waals surface area contributed by atoms with Gasteiger partial charge in [0.05, 0.1) is 7.11 Å². The molecule has 0 saturated carbocycles. The number of amides is 1. The largest absolute Gasteiger partial charge is 0.467 e. The third-order valence-corrected chi connectivity index (χ3v) is 3.23. The minimum atomic E-state index is -0.487. The van der Waals surface area contributed by atoms with Crippen molar-refractivity contribution < 1.29 is 14.3 Å². The number of anilines is 1. The van der Waals surface area contributed by atoms with E-state index in [0.29, 0.717) is 12.8 Å². The maximum absolute atomic E-state index is 12.0. The van der Waals surface area contributed by atoms with E-state index < -0.39 is 6.04 Å². The Morgan fingerprint density at radius 2 is 2.00 bits per heavy atom. The fourth-order valence-corrected chi connectivity index (χ4v) is 2.26. The zero-order valence-corrected chi connectivity index (χ0v) is 10.7. The number of nitrogens with zero attached hydrogens (tertiary/aromatic N) is 1. The monoisotopic (exact) mass is 247 g/mol. The average molecular weight is 247 g/mol. The number of carbonyl (C=O) groups excluding carboxylic acids is 2. The van der Waals surface area contributed by atoms with Crippen LogP contribution >= 0.6 is 0 Å². The van der Waals surface area contributed by atoms with Crippen molar-refractivity contribution in [2.75, 3.05) is 12.0 Å². The van der Waals surface area contributed by atoms with Gasteiger partial charge in [0, 0.05) is 12.1 Å². The van der Waals surface area contributed by atoms with Gasteiger partial charge in [-0.05, 0) is 31.9 Å². The van der Waals surface area contributed by atoms with E-state index in [1.54, 1.807) is 4.90 Å². The quantitative estimate of drug-likeness (QED) is 0.751.